The van der Waals surface area contributed by atoms with Crippen LogP contribution in [0, 0.1) is 3.57 Å². The summed E-state index contributed by atoms with van der Waals surface area (Å²) in [4.78, 5) is 0. The zero-order chi connectivity index (χ0) is 5.82. The molecule has 0 saturated carbocycles. The van der Waals surface area contributed by atoms with Crippen LogP contribution in [0.15, 0.2) is 30.3 Å². The molecule has 8 heavy (non-hydrogen) atoms. The Balaban J connectivity index is 2.83. The Bertz CT molecular complexity index is 150. The summed E-state index contributed by atoms with van der Waals surface area (Å²) in [5, 5.41) is 0. The molecule has 0 fully saturated rings. The fourth-order valence-corrected chi connectivity index (χ4v) is 2.79. The molecule has 0 aliphatic heterocycles. The molecule has 1 rings (SSSR count). The average molecular weight is 284 g/mol. The maximum atomic E-state index is 2.67. The molecular weight excluding hydrogens is 278 g/mol. The molecule has 44 valence electrons. The summed E-state index contributed by atoms with van der Waals surface area (Å²) < 4.78 is 1.49. The van der Waals surface area contributed by atoms with Crippen molar-refractivity contribution < 1.29 is 19.0 Å². The van der Waals surface area contributed by atoms with E-state index >= 15 is 0 Å². The first-order valence-corrected chi connectivity index (χ1v) is 9.07. The Kier molecular flexibility index (Phi) is 2.87. The van der Waals surface area contributed by atoms with Gasteiger partial charge < -0.3 is 0 Å². The molecule has 0 spiro atoms. The summed E-state index contributed by atoms with van der Waals surface area (Å²) in [6, 6.07) is 10.6. The fraction of sp³-hybridized carbons (Fsp3) is 0. The Hall–Kier alpha value is 0.469. The summed E-state index contributed by atoms with van der Waals surface area (Å²) in [6.45, 7) is 0. The molecular formula is C6H6ISe-. The summed E-state index contributed by atoms with van der Waals surface area (Å²) >= 11 is 2.92. The van der Waals surface area contributed by atoms with Crippen molar-refractivity contribution in [3.63, 3.8) is 0 Å². The van der Waals surface area contributed by atoms with Gasteiger partial charge in [-0.25, -0.2) is 0 Å². The molecule has 0 aliphatic rings. The van der Waals surface area contributed by atoms with E-state index in [9.17, 15) is 0 Å². The van der Waals surface area contributed by atoms with Gasteiger partial charge in [-0.3, -0.25) is 0 Å². The van der Waals surface area contributed by atoms with Crippen LogP contribution >= 0.6 is 0 Å². The summed E-state index contributed by atoms with van der Waals surface area (Å²) in [5.41, 5.74) is 0. The van der Waals surface area contributed by atoms with Crippen molar-refractivity contribution in [1.29, 1.82) is 0 Å². The van der Waals surface area contributed by atoms with Crippen LogP contribution in [0.25, 0.3) is 0 Å². The summed E-state index contributed by atoms with van der Waals surface area (Å²) in [7, 11) is 0. The van der Waals surface area contributed by atoms with Gasteiger partial charge in [-0.05, 0) is 0 Å². The molecule has 0 heterocycles. The standard InChI is InChI=1S/C6H6ISe/c8-7-6-4-2-1-3-5-6/h1-5,8H/q-1. The van der Waals surface area contributed by atoms with Gasteiger partial charge in [-0.15, -0.1) is 0 Å². The molecule has 0 saturated heterocycles. The maximum absolute atomic E-state index is 2.67. The number of rotatable bonds is 1. The van der Waals surface area contributed by atoms with E-state index in [1.54, 1.807) is 0 Å². The number of benzene rings is 1. The first kappa shape index (κ1) is 6.59. The Morgan fingerprint density at radius 1 is 1.12 bits per heavy atom. The molecule has 0 aliphatic carbocycles. The third-order valence-corrected chi connectivity index (χ3v) is 4.85. The van der Waals surface area contributed by atoms with Crippen molar-refractivity contribution in [3.8, 4) is 0 Å². The molecule has 0 nitrogen and oxygen atoms in total. The number of hydrogen-bond donors (Lipinski definition) is 0. The fourth-order valence-electron chi connectivity index (χ4n) is 0.471. The topological polar surface area (TPSA) is 0 Å². The average Bonchev–Trinajstić information content (AvgIpc) is 1.90. The predicted molar refractivity (Wildman–Crippen MR) is 32.3 cm³/mol. The van der Waals surface area contributed by atoms with Gasteiger partial charge in [0.05, 0.1) is 0 Å². The van der Waals surface area contributed by atoms with Crippen molar-refractivity contribution in [2.75, 3.05) is 0 Å². The van der Waals surface area contributed by atoms with Gasteiger partial charge in [0.15, 0.2) is 0 Å². The van der Waals surface area contributed by atoms with E-state index in [2.05, 4.69) is 43.1 Å². The van der Waals surface area contributed by atoms with E-state index in [1.165, 1.54) is 3.57 Å². The normalized spacial score (nSPS) is 9.62. The van der Waals surface area contributed by atoms with Crippen LogP contribution in [-0.2, 0) is 0 Å². The molecule has 1 aromatic carbocycles. The van der Waals surface area contributed by atoms with Crippen molar-refractivity contribution in [3.05, 3.63) is 33.9 Å². The molecule has 0 unspecified atom stereocenters. The number of halogens is 1. The van der Waals surface area contributed by atoms with Crippen molar-refractivity contribution in [2.24, 2.45) is 0 Å². The van der Waals surface area contributed by atoms with Crippen molar-refractivity contribution in [1.82, 2.24) is 0 Å². The monoisotopic (exact) mass is 285 g/mol. The third kappa shape index (κ3) is 1.77. The van der Waals surface area contributed by atoms with E-state index in [4.69, 9.17) is 0 Å². The summed E-state index contributed by atoms with van der Waals surface area (Å²) in [6.07, 6.45) is 0. The van der Waals surface area contributed by atoms with Crippen LogP contribution in [0.3, 0.4) is 0 Å². The van der Waals surface area contributed by atoms with E-state index in [0.29, 0.717) is 0 Å². The van der Waals surface area contributed by atoms with Crippen LogP contribution in [0.1, 0.15) is 0 Å². The van der Waals surface area contributed by atoms with Crippen LogP contribution in [0.4, 0.5) is 0 Å². The van der Waals surface area contributed by atoms with E-state index in [1.807, 2.05) is 0 Å². The van der Waals surface area contributed by atoms with Gasteiger partial charge in [0, 0.05) is 0 Å². The SMILES string of the molecule is [SeH][I-]c1ccccc1. The first-order chi connectivity index (χ1) is 3.93. The molecule has 0 amide bonds. The molecule has 0 bridgehead atoms. The molecule has 1 aromatic rings. The Morgan fingerprint density at radius 3 is 2.12 bits per heavy atom. The molecule has 0 aromatic heterocycles. The van der Waals surface area contributed by atoms with Crippen LogP contribution < -0.4 is 19.0 Å². The molecule has 0 radical (unpaired) electrons. The van der Waals surface area contributed by atoms with E-state index < -0.39 is 0 Å². The molecule has 0 atom stereocenters. The number of hydrogen-bond acceptors (Lipinski definition) is 0. The van der Waals surface area contributed by atoms with Gasteiger partial charge >= 0.3 is 65.6 Å². The minimum atomic E-state index is 0.247. The van der Waals surface area contributed by atoms with Gasteiger partial charge in [0.2, 0.25) is 0 Å². The quantitative estimate of drug-likeness (QED) is 0.404. The zero-order valence-corrected chi connectivity index (χ0v) is 8.25. The summed E-state index contributed by atoms with van der Waals surface area (Å²) in [5.74, 6) is 0. The zero-order valence-electron chi connectivity index (χ0n) is 4.21. The van der Waals surface area contributed by atoms with Crippen LogP contribution in [-0.4, -0.2) is 12.8 Å². The van der Waals surface area contributed by atoms with Gasteiger partial charge in [-0.2, -0.15) is 0 Å². The first-order valence-electron chi connectivity index (χ1n) is 2.27. The van der Waals surface area contributed by atoms with Gasteiger partial charge in [0.25, 0.3) is 0 Å². The van der Waals surface area contributed by atoms with Crippen molar-refractivity contribution >= 4 is 12.8 Å². The Labute approximate surface area is 65.4 Å². The minimum absolute atomic E-state index is 0.247. The molecule has 2 heteroatoms. The predicted octanol–water partition coefficient (Wildman–Crippen LogP) is -2.24. The van der Waals surface area contributed by atoms with Crippen LogP contribution in [0.2, 0.25) is 0 Å². The van der Waals surface area contributed by atoms with Crippen LogP contribution in [0.5, 0.6) is 0 Å². The van der Waals surface area contributed by atoms with E-state index in [-0.39, 0.29) is 19.0 Å². The molecule has 0 N–H and O–H groups in total. The van der Waals surface area contributed by atoms with Crippen molar-refractivity contribution in [2.45, 2.75) is 0 Å². The Morgan fingerprint density at radius 2 is 1.75 bits per heavy atom. The van der Waals surface area contributed by atoms with Gasteiger partial charge in [0.1, 0.15) is 0 Å². The second kappa shape index (κ2) is 3.49. The second-order valence-corrected chi connectivity index (χ2v) is 5.49. The van der Waals surface area contributed by atoms with E-state index in [0.717, 1.165) is 0 Å². The van der Waals surface area contributed by atoms with Gasteiger partial charge in [-0.1, -0.05) is 0 Å². The second-order valence-electron chi connectivity index (χ2n) is 1.38. The third-order valence-electron chi connectivity index (χ3n) is 0.831.